The number of fused-ring (bicyclic) bond motifs is 3. The fraction of sp³-hybridized carbons (Fsp3) is 0.294. The Kier molecular flexibility index (Phi) is 4.16. The SMILES string of the molecule is Oc1cc(C(F)(F)F)c(C(F)(F)F)c2c1CCc1ccc(C(F)(F)F)cc1-2. The zero-order chi connectivity index (χ0) is 20.4. The van der Waals surface area contributed by atoms with Gasteiger partial charge in [-0.3, -0.25) is 0 Å². The van der Waals surface area contributed by atoms with E-state index in [4.69, 9.17) is 0 Å². The van der Waals surface area contributed by atoms with E-state index >= 15 is 0 Å². The highest BCUT2D eigenvalue weighted by Crippen LogP contribution is 2.51. The van der Waals surface area contributed by atoms with E-state index in [0.29, 0.717) is 12.1 Å². The molecule has 1 N–H and O–H groups in total. The minimum Gasteiger partial charge on any atom is -0.508 e. The van der Waals surface area contributed by atoms with E-state index in [1.807, 2.05) is 0 Å². The lowest BCUT2D eigenvalue weighted by Gasteiger charge is -2.28. The van der Waals surface area contributed by atoms with E-state index in [0.717, 1.165) is 6.07 Å². The molecule has 0 unspecified atom stereocenters. The van der Waals surface area contributed by atoms with Gasteiger partial charge in [0, 0.05) is 11.1 Å². The van der Waals surface area contributed by atoms with Crippen LogP contribution in [0, 0.1) is 0 Å². The van der Waals surface area contributed by atoms with Gasteiger partial charge in [0.25, 0.3) is 0 Å². The largest absolute Gasteiger partial charge is 0.508 e. The summed E-state index contributed by atoms with van der Waals surface area (Å²) in [5.41, 5.74) is -7.61. The molecular formula is C17H9F9O. The van der Waals surface area contributed by atoms with Gasteiger partial charge < -0.3 is 5.11 Å². The summed E-state index contributed by atoms with van der Waals surface area (Å²) >= 11 is 0. The first-order valence-corrected chi connectivity index (χ1v) is 7.45. The molecule has 27 heavy (non-hydrogen) atoms. The van der Waals surface area contributed by atoms with E-state index in [1.54, 1.807) is 0 Å². The molecule has 0 aliphatic heterocycles. The van der Waals surface area contributed by atoms with Crippen molar-refractivity contribution < 1.29 is 44.6 Å². The number of hydrogen-bond donors (Lipinski definition) is 1. The van der Waals surface area contributed by atoms with Crippen LogP contribution in [0.2, 0.25) is 0 Å². The molecular weight excluding hydrogens is 391 g/mol. The van der Waals surface area contributed by atoms with Crippen molar-refractivity contribution in [3.05, 3.63) is 52.1 Å². The van der Waals surface area contributed by atoms with Crippen LogP contribution in [0.15, 0.2) is 24.3 Å². The second kappa shape index (κ2) is 5.80. The molecule has 1 nitrogen and oxygen atoms in total. The fourth-order valence-corrected chi connectivity index (χ4v) is 3.24. The maximum atomic E-state index is 13.5. The zero-order valence-electron chi connectivity index (χ0n) is 13.1. The van der Waals surface area contributed by atoms with Crippen molar-refractivity contribution in [1.82, 2.24) is 0 Å². The Morgan fingerprint density at radius 3 is 1.89 bits per heavy atom. The molecule has 0 saturated heterocycles. The van der Waals surface area contributed by atoms with Crippen LogP contribution in [0.4, 0.5) is 39.5 Å². The summed E-state index contributed by atoms with van der Waals surface area (Å²) in [6.45, 7) is 0. The smallest absolute Gasteiger partial charge is 0.417 e. The average molecular weight is 400 g/mol. The summed E-state index contributed by atoms with van der Waals surface area (Å²) in [5.74, 6) is -1.03. The van der Waals surface area contributed by atoms with Gasteiger partial charge in [-0.2, -0.15) is 39.5 Å². The summed E-state index contributed by atoms with van der Waals surface area (Å²) in [7, 11) is 0. The number of aryl methyl sites for hydroxylation is 1. The molecule has 2 aromatic rings. The van der Waals surface area contributed by atoms with E-state index in [9.17, 15) is 44.6 Å². The molecule has 1 aliphatic rings. The number of benzene rings is 2. The second-order valence-corrected chi connectivity index (χ2v) is 6.04. The molecule has 0 aromatic heterocycles. The van der Waals surface area contributed by atoms with Crippen molar-refractivity contribution in [3.8, 4) is 16.9 Å². The molecule has 3 rings (SSSR count). The highest BCUT2D eigenvalue weighted by Gasteiger charge is 2.47. The lowest BCUT2D eigenvalue weighted by atomic mass is 9.80. The molecule has 0 radical (unpaired) electrons. The molecule has 0 amide bonds. The molecule has 0 fully saturated rings. The van der Waals surface area contributed by atoms with Crippen LogP contribution >= 0.6 is 0 Å². The van der Waals surface area contributed by atoms with Crippen molar-refractivity contribution >= 4 is 0 Å². The van der Waals surface area contributed by atoms with Crippen LogP contribution in [0.25, 0.3) is 11.1 Å². The molecule has 0 spiro atoms. The molecule has 0 heterocycles. The van der Waals surface area contributed by atoms with E-state index in [2.05, 4.69) is 0 Å². The number of alkyl halides is 9. The number of halogens is 9. The summed E-state index contributed by atoms with van der Waals surface area (Å²) in [6.07, 6.45) is -16.1. The predicted octanol–water partition coefficient (Wildman–Crippen LogP) is 6.21. The third kappa shape index (κ3) is 3.32. The monoisotopic (exact) mass is 400 g/mol. The lowest BCUT2D eigenvalue weighted by Crippen LogP contribution is -2.21. The Morgan fingerprint density at radius 1 is 0.741 bits per heavy atom. The molecule has 10 heteroatoms. The first kappa shape index (κ1) is 19.4. The molecule has 2 aromatic carbocycles. The number of rotatable bonds is 0. The summed E-state index contributed by atoms with van der Waals surface area (Å²) < 4.78 is 119. The lowest BCUT2D eigenvalue weighted by molar-refractivity contribution is -0.161. The van der Waals surface area contributed by atoms with Crippen molar-refractivity contribution in [3.63, 3.8) is 0 Å². The van der Waals surface area contributed by atoms with Crippen molar-refractivity contribution in [1.29, 1.82) is 0 Å². The van der Waals surface area contributed by atoms with Gasteiger partial charge in [0.1, 0.15) is 5.75 Å². The highest BCUT2D eigenvalue weighted by atomic mass is 19.4. The maximum absolute atomic E-state index is 13.5. The van der Waals surface area contributed by atoms with Gasteiger partial charge in [0.15, 0.2) is 0 Å². The van der Waals surface area contributed by atoms with Gasteiger partial charge >= 0.3 is 18.5 Å². The number of phenolic OH excluding ortho intramolecular Hbond substituents is 1. The first-order chi connectivity index (χ1) is 12.2. The second-order valence-electron chi connectivity index (χ2n) is 6.04. The Morgan fingerprint density at radius 2 is 1.37 bits per heavy atom. The van der Waals surface area contributed by atoms with Crippen molar-refractivity contribution in [2.24, 2.45) is 0 Å². The molecule has 146 valence electrons. The normalized spacial score (nSPS) is 14.7. The molecule has 0 saturated carbocycles. The van der Waals surface area contributed by atoms with Crippen molar-refractivity contribution in [2.75, 3.05) is 0 Å². The van der Waals surface area contributed by atoms with Gasteiger partial charge in [-0.05, 0) is 42.2 Å². The number of hydrogen-bond acceptors (Lipinski definition) is 1. The third-order valence-corrected chi connectivity index (χ3v) is 4.35. The van der Waals surface area contributed by atoms with Crippen LogP contribution in [-0.4, -0.2) is 5.11 Å². The van der Waals surface area contributed by atoms with Crippen molar-refractivity contribution in [2.45, 2.75) is 31.4 Å². The highest BCUT2D eigenvalue weighted by molar-refractivity contribution is 5.80. The maximum Gasteiger partial charge on any atom is 0.417 e. The Labute approximate surface area is 146 Å². The number of aromatic hydroxyl groups is 1. The van der Waals surface area contributed by atoms with E-state index < -0.39 is 57.7 Å². The van der Waals surface area contributed by atoms with Crippen LogP contribution < -0.4 is 0 Å². The van der Waals surface area contributed by atoms with Gasteiger partial charge in [0.05, 0.1) is 16.7 Å². The topological polar surface area (TPSA) is 20.2 Å². The Hall–Kier alpha value is -2.39. The van der Waals surface area contributed by atoms with Gasteiger partial charge in [-0.15, -0.1) is 0 Å². The zero-order valence-corrected chi connectivity index (χ0v) is 13.1. The van der Waals surface area contributed by atoms with Gasteiger partial charge in [-0.1, -0.05) is 6.07 Å². The fourth-order valence-electron chi connectivity index (χ4n) is 3.24. The van der Waals surface area contributed by atoms with Crippen LogP contribution in [0.5, 0.6) is 5.75 Å². The molecule has 0 atom stereocenters. The predicted molar refractivity (Wildman–Crippen MR) is 76.0 cm³/mol. The van der Waals surface area contributed by atoms with E-state index in [-0.39, 0.29) is 24.5 Å². The number of phenols is 1. The summed E-state index contributed by atoms with van der Waals surface area (Å²) in [4.78, 5) is 0. The van der Waals surface area contributed by atoms with Gasteiger partial charge in [0.2, 0.25) is 0 Å². The first-order valence-electron chi connectivity index (χ1n) is 7.45. The molecule has 0 bridgehead atoms. The van der Waals surface area contributed by atoms with Crippen LogP contribution in [0.1, 0.15) is 27.8 Å². The summed E-state index contributed by atoms with van der Waals surface area (Å²) in [5, 5.41) is 9.86. The standard InChI is InChI=1S/C17H9F9O/c18-15(19,20)8-3-1-7-2-4-9-12(27)6-11(16(21,22)23)14(17(24,25)26)13(9)10(7)5-8/h1,3,5-6,27H,2,4H2. The van der Waals surface area contributed by atoms with Crippen LogP contribution in [-0.2, 0) is 31.4 Å². The van der Waals surface area contributed by atoms with Crippen LogP contribution in [0.3, 0.4) is 0 Å². The third-order valence-electron chi connectivity index (χ3n) is 4.35. The summed E-state index contributed by atoms with van der Waals surface area (Å²) in [6, 6.07) is 1.96. The van der Waals surface area contributed by atoms with Gasteiger partial charge in [-0.25, -0.2) is 0 Å². The minimum atomic E-state index is -5.49. The Bertz CT molecular complexity index is 905. The van der Waals surface area contributed by atoms with E-state index in [1.165, 1.54) is 0 Å². The molecule has 1 aliphatic carbocycles. The quantitative estimate of drug-likeness (QED) is 0.521. The minimum absolute atomic E-state index is 0.0172. The Balaban J connectivity index is 2.45. The average Bonchev–Trinajstić information content (AvgIpc) is 2.50.